The molecule has 2 aliphatic heterocycles. The zero-order chi connectivity index (χ0) is 43.9. The molecular weight excluding hydrogens is 801 g/mol. The zero-order valence-electron chi connectivity index (χ0n) is 33.8. The monoisotopic (exact) mass is 850 g/mol. The number of hydrogen-bond donors (Lipinski definition) is 10. The fourth-order valence-electron chi connectivity index (χ4n) is 11.1. The van der Waals surface area contributed by atoms with Crippen LogP contribution >= 0.6 is 0 Å². The van der Waals surface area contributed by atoms with Crippen LogP contribution in [0.4, 0.5) is 5.69 Å². The van der Waals surface area contributed by atoms with Gasteiger partial charge < -0.3 is 61.0 Å². The number of aromatic amines is 1. The van der Waals surface area contributed by atoms with E-state index in [-0.39, 0.29) is 28.8 Å². The summed E-state index contributed by atoms with van der Waals surface area (Å²) in [6.45, 7) is 1.21. The molecule has 3 heterocycles. The van der Waals surface area contributed by atoms with Crippen LogP contribution in [0, 0.1) is 5.92 Å². The van der Waals surface area contributed by atoms with Gasteiger partial charge in [-0.2, -0.15) is 0 Å². The molecule has 1 saturated carbocycles. The fraction of sp³-hybridized carbons (Fsp3) is 0.413. The summed E-state index contributed by atoms with van der Waals surface area (Å²) in [6.07, 6.45) is 3.54. The molecule has 12 atom stereocenters. The number of aliphatic hydroxyl groups is 5. The lowest BCUT2D eigenvalue weighted by atomic mass is 9.61. The Labute approximate surface area is 356 Å². The van der Waals surface area contributed by atoms with E-state index in [0.717, 1.165) is 47.2 Å². The van der Waals surface area contributed by atoms with Gasteiger partial charge in [-0.15, -0.1) is 0 Å². The quantitative estimate of drug-likeness (QED) is 0.0660. The number of imidazole rings is 1. The van der Waals surface area contributed by atoms with Crippen molar-refractivity contribution >= 4 is 23.6 Å². The number of aliphatic carboxylic acids is 1. The molecule has 1 aromatic heterocycles. The minimum absolute atomic E-state index is 0.00772. The van der Waals surface area contributed by atoms with Crippen LogP contribution in [0.5, 0.6) is 17.2 Å². The molecule has 16 heteroatoms. The van der Waals surface area contributed by atoms with E-state index in [1.54, 1.807) is 24.5 Å². The number of carbonyl (C=O) groups is 2. The van der Waals surface area contributed by atoms with Gasteiger partial charge in [-0.25, -0.2) is 9.78 Å². The summed E-state index contributed by atoms with van der Waals surface area (Å²) in [5.41, 5.74) is 8.33. The largest absolute Gasteiger partial charge is 0.508 e. The van der Waals surface area contributed by atoms with E-state index in [4.69, 9.17) is 15.2 Å². The van der Waals surface area contributed by atoms with Crippen LogP contribution in [0.1, 0.15) is 90.4 Å². The molecule has 0 spiro atoms. The SMILES string of the molecule is CC1CCC(c2cc(C=CC(=O)N3c4cc(OC5(O)OC(CO)C(O)C(O)C5O)c(O)cc4C4C(C5(c6ccccc6)CCCC5N)C=CC43C(=O)O)ccc2O)c2[nH]cnc21. The van der Waals surface area contributed by atoms with Crippen LogP contribution in [0.3, 0.4) is 0 Å². The number of nitrogens with two attached hydrogens (primary N) is 1. The number of nitrogens with zero attached hydrogens (tertiary/aromatic N) is 2. The summed E-state index contributed by atoms with van der Waals surface area (Å²) >= 11 is 0. The Kier molecular flexibility index (Phi) is 10.3. The number of carboxylic acids is 1. The molecule has 3 aliphatic carbocycles. The van der Waals surface area contributed by atoms with E-state index in [2.05, 4.69) is 16.9 Å². The number of aliphatic hydroxyl groups excluding tert-OH is 4. The van der Waals surface area contributed by atoms with Gasteiger partial charge in [-0.3, -0.25) is 9.69 Å². The van der Waals surface area contributed by atoms with E-state index >= 15 is 0 Å². The number of rotatable bonds is 9. The number of benzene rings is 3. The van der Waals surface area contributed by atoms with Gasteiger partial charge in [0.05, 0.1) is 24.3 Å². The number of amides is 1. The maximum absolute atomic E-state index is 14.9. The predicted molar refractivity (Wildman–Crippen MR) is 222 cm³/mol. The van der Waals surface area contributed by atoms with E-state index in [1.165, 1.54) is 24.3 Å². The molecule has 11 N–H and O–H groups in total. The number of aromatic nitrogens is 2. The molecule has 2 fully saturated rings. The Balaban J connectivity index is 1.15. The number of aromatic hydroxyl groups is 2. The number of carboxylic acid groups (broad SMARTS) is 1. The van der Waals surface area contributed by atoms with Crippen molar-refractivity contribution in [1.29, 1.82) is 0 Å². The van der Waals surface area contributed by atoms with Crippen LogP contribution < -0.4 is 15.4 Å². The molecule has 12 unspecified atom stereocenters. The highest BCUT2D eigenvalue weighted by molar-refractivity contribution is 6.13. The first-order valence-corrected chi connectivity index (χ1v) is 20.9. The molecule has 4 aromatic rings. The van der Waals surface area contributed by atoms with Gasteiger partial charge in [0.1, 0.15) is 24.1 Å². The summed E-state index contributed by atoms with van der Waals surface area (Å²) in [6, 6.07) is 16.5. The van der Waals surface area contributed by atoms with Gasteiger partial charge in [-0.1, -0.05) is 61.9 Å². The highest BCUT2D eigenvalue weighted by atomic mass is 16.8. The number of H-pyrrole nitrogens is 1. The second kappa shape index (κ2) is 15.3. The first kappa shape index (κ1) is 41.7. The van der Waals surface area contributed by atoms with Gasteiger partial charge >= 0.3 is 11.9 Å². The summed E-state index contributed by atoms with van der Waals surface area (Å²) in [5.74, 6) is -7.96. The molecule has 62 heavy (non-hydrogen) atoms. The van der Waals surface area contributed by atoms with Gasteiger partial charge in [0, 0.05) is 52.6 Å². The summed E-state index contributed by atoms with van der Waals surface area (Å²) in [5, 5.41) is 86.9. The molecule has 9 rings (SSSR count). The summed E-state index contributed by atoms with van der Waals surface area (Å²) < 4.78 is 11.0. The van der Waals surface area contributed by atoms with Crippen molar-refractivity contribution in [3.63, 3.8) is 0 Å². The van der Waals surface area contributed by atoms with Crippen LogP contribution in [-0.2, 0) is 19.7 Å². The molecule has 0 bridgehead atoms. The normalized spacial score (nSPS) is 34.9. The lowest BCUT2D eigenvalue weighted by molar-refractivity contribution is -0.422. The Morgan fingerprint density at radius 1 is 1.02 bits per heavy atom. The van der Waals surface area contributed by atoms with Crippen molar-refractivity contribution in [1.82, 2.24) is 9.97 Å². The fourth-order valence-corrected chi connectivity index (χ4v) is 11.1. The predicted octanol–water partition coefficient (Wildman–Crippen LogP) is 2.95. The molecule has 1 saturated heterocycles. The van der Waals surface area contributed by atoms with Crippen molar-refractivity contribution in [3.05, 3.63) is 119 Å². The van der Waals surface area contributed by atoms with Gasteiger partial charge in [0.25, 0.3) is 5.91 Å². The topological polar surface area (TPSA) is 272 Å². The van der Waals surface area contributed by atoms with E-state index in [0.29, 0.717) is 24.0 Å². The minimum atomic E-state index is -3.13. The second-order valence-corrected chi connectivity index (χ2v) is 17.3. The smallest absolute Gasteiger partial charge is 0.355 e. The third kappa shape index (κ3) is 6.19. The third-order valence-electron chi connectivity index (χ3n) is 14.1. The molecule has 3 aromatic carbocycles. The first-order valence-electron chi connectivity index (χ1n) is 20.9. The lowest BCUT2D eigenvalue weighted by Gasteiger charge is -2.44. The molecule has 1 amide bonds. The van der Waals surface area contributed by atoms with E-state index in [9.17, 15) is 50.4 Å². The van der Waals surface area contributed by atoms with Crippen molar-refractivity contribution in [2.75, 3.05) is 11.5 Å². The Morgan fingerprint density at radius 2 is 1.79 bits per heavy atom. The first-order chi connectivity index (χ1) is 29.7. The Bertz CT molecular complexity index is 2460. The number of hydrogen-bond acceptors (Lipinski definition) is 13. The zero-order valence-corrected chi connectivity index (χ0v) is 33.8. The molecule has 16 nitrogen and oxygen atoms in total. The van der Waals surface area contributed by atoms with Crippen LogP contribution in [-0.4, -0.2) is 111 Å². The van der Waals surface area contributed by atoms with Crippen LogP contribution in [0.25, 0.3) is 6.08 Å². The number of fused-ring (bicyclic) bond motifs is 4. The van der Waals surface area contributed by atoms with Crippen molar-refractivity contribution < 1.29 is 59.9 Å². The minimum Gasteiger partial charge on any atom is -0.508 e. The maximum atomic E-state index is 14.9. The molecular formula is C46H50N4O12. The van der Waals surface area contributed by atoms with Gasteiger partial charge in [0.2, 0.25) is 0 Å². The number of allylic oxidation sites excluding steroid dienone is 1. The lowest BCUT2D eigenvalue weighted by Crippen LogP contribution is -2.67. The van der Waals surface area contributed by atoms with Crippen molar-refractivity contribution in [2.24, 2.45) is 11.7 Å². The number of ether oxygens (including phenoxy) is 2. The number of carbonyl (C=O) groups excluding carboxylic acids is 1. The Hall–Kier alpha value is -5.59. The van der Waals surface area contributed by atoms with Gasteiger partial charge in [-0.05, 0) is 72.6 Å². The standard InChI is InChI=1S/C46H50N4O12/c1-23-9-12-26(39-38(23)48-22-49-39)27-18-24(10-13-31(27)52)11-14-36(54)50-30-20-33(61-46(60)42(57)41(56)40(55)34(21-51)62-46)32(53)19-28(30)37-29(15-17-45(37,50)43(58)59)44(16-5-8-35(44)47)25-6-3-2-4-7-25/h2-4,6-7,10-11,13-15,17-20,22-23,26,29,34-35,37,40-42,51-53,55-57,60H,5,8-9,12,16,21,47H2,1H3,(H,48,49)(H,58,59). The number of nitrogens with one attached hydrogen (secondary N) is 1. The van der Waals surface area contributed by atoms with Crippen LogP contribution in [0.15, 0.2) is 85.2 Å². The van der Waals surface area contributed by atoms with Crippen molar-refractivity contribution in [2.45, 2.75) is 104 Å². The highest BCUT2D eigenvalue weighted by Crippen LogP contribution is 2.64. The van der Waals surface area contributed by atoms with Crippen molar-refractivity contribution in [3.8, 4) is 17.2 Å². The average Bonchev–Trinajstić information content (AvgIpc) is 4.06. The second-order valence-electron chi connectivity index (χ2n) is 17.3. The number of anilines is 1. The van der Waals surface area contributed by atoms with E-state index in [1.807, 2.05) is 36.4 Å². The highest BCUT2D eigenvalue weighted by Gasteiger charge is 2.67. The molecule has 0 radical (unpaired) electrons. The number of phenols is 2. The van der Waals surface area contributed by atoms with Crippen LogP contribution in [0.2, 0.25) is 0 Å². The van der Waals surface area contributed by atoms with Gasteiger partial charge in [0.15, 0.2) is 23.1 Å². The number of phenolic OH excluding ortho intramolecular Hbond substituents is 2. The third-order valence-corrected chi connectivity index (χ3v) is 14.1. The summed E-state index contributed by atoms with van der Waals surface area (Å²) in [4.78, 5) is 37.8. The maximum Gasteiger partial charge on any atom is 0.355 e. The summed E-state index contributed by atoms with van der Waals surface area (Å²) in [7, 11) is 0. The molecule has 326 valence electrons. The average molecular weight is 851 g/mol. The van der Waals surface area contributed by atoms with E-state index < -0.39 is 89.2 Å². The molecule has 5 aliphatic rings. The Morgan fingerprint density at radius 3 is 2.50 bits per heavy atom.